The van der Waals surface area contributed by atoms with Gasteiger partial charge in [0.2, 0.25) is 0 Å². The van der Waals surface area contributed by atoms with E-state index in [1.807, 2.05) is 36.6 Å². The Bertz CT molecular complexity index is 681. The minimum atomic E-state index is -0.836. The highest BCUT2D eigenvalue weighted by Crippen LogP contribution is 2.39. The first-order valence-corrected chi connectivity index (χ1v) is 7.66. The summed E-state index contributed by atoms with van der Waals surface area (Å²) in [5.41, 5.74) is 1.43. The van der Waals surface area contributed by atoms with Crippen LogP contribution in [0.25, 0.3) is 0 Å². The van der Waals surface area contributed by atoms with E-state index in [4.69, 9.17) is 0 Å². The molecule has 1 aromatic heterocycles. The number of carbonyl (C=O) groups is 2. The molecule has 3 rings (SSSR count). The predicted molar refractivity (Wildman–Crippen MR) is 82.0 cm³/mol. The molecule has 0 saturated heterocycles. The highest BCUT2D eigenvalue weighted by atomic mass is 32.1. The number of carboxylic acid groups (broad SMARTS) is 1. The molecule has 1 aromatic carbocycles. The number of fused-ring (bicyclic) bond motifs is 1. The lowest BCUT2D eigenvalue weighted by molar-refractivity contribution is -0.139. The molecule has 0 aliphatic carbocycles. The average molecular weight is 301 g/mol. The monoisotopic (exact) mass is 301 g/mol. The molecule has 0 spiro atoms. The number of rotatable bonds is 2. The zero-order valence-corrected chi connectivity index (χ0v) is 12.3. The lowest BCUT2D eigenvalue weighted by Crippen LogP contribution is -2.44. The van der Waals surface area contributed by atoms with Crippen LogP contribution in [0.4, 0.5) is 5.69 Å². The fourth-order valence-corrected chi connectivity index (χ4v) is 3.53. The third-order valence-electron chi connectivity index (χ3n) is 3.84. The third kappa shape index (κ3) is 2.34. The zero-order chi connectivity index (χ0) is 15.0. The minimum Gasteiger partial charge on any atom is -0.481 e. The zero-order valence-electron chi connectivity index (χ0n) is 11.5. The minimum absolute atomic E-state index is 0.0613. The molecule has 21 heavy (non-hydrogen) atoms. The number of carboxylic acids is 1. The highest BCUT2D eigenvalue weighted by Gasteiger charge is 2.37. The van der Waals surface area contributed by atoms with Crippen molar-refractivity contribution in [3.05, 3.63) is 52.2 Å². The summed E-state index contributed by atoms with van der Waals surface area (Å²) in [5.74, 6) is -1.45. The molecule has 0 bridgehead atoms. The van der Waals surface area contributed by atoms with E-state index in [0.717, 1.165) is 0 Å². The van der Waals surface area contributed by atoms with Crippen molar-refractivity contribution in [2.75, 3.05) is 4.90 Å². The molecule has 4 nitrogen and oxygen atoms in total. The molecule has 2 unspecified atom stereocenters. The number of thiophene rings is 1. The van der Waals surface area contributed by atoms with Crippen molar-refractivity contribution < 1.29 is 14.7 Å². The van der Waals surface area contributed by atoms with Gasteiger partial charge in [-0.05, 0) is 36.4 Å². The van der Waals surface area contributed by atoms with Crippen molar-refractivity contribution in [2.45, 2.75) is 25.3 Å². The van der Waals surface area contributed by atoms with Crippen molar-refractivity contribution in [3.63, 3.8) is 0 Å². The molecule has 1 amide bonds. The van der Waals surface area contributed by atoms with Crippen LogP contribution < -0.4 is 4.90 Å². The maximum Gasteiger partial charge on any atom is 0.311 e. The van der Waals surface area contributed by atoms with Gasteiger partial charge in [-0.25, -0.2) is 0 Å². The Balaban J connectivity index is 2.07. The Morgan fingerprint density at radius 3 is 2.67 bits per heavy atom. The number of hydrogen-bond acceptors (Lipinski definition) is 3. The summed E-state index contributed by atoms with van der Waals surface area (Å²) >= 11 is 1.40. The molecule has 2 heterocycles. The number of aliphatic carboxylic acids is 1. The lowest BCUT2D eigenvalue weighted by atomic mass is 9.86. The summed E-state index contributed by atoms with van der Waals surface area (Å²) < 4.78 is 0. The standard InChI is InChI=1S/C16H15NO3S/c1-10-9-12(16(19)20)11-5-2-3-6-13(11)17(10)15(18)14-7-4-8-21-14/h2-8,10,12H,9H2,1H3,(H,19,20). The second kappa shape index (κ2) is 5.33. The van der Waals surface area contributed by atoms with E-state index in [-0.39, 0.29) is 11.9 Å². The van der Waals surface area contributed by atoms with Gasteiger partial charge in [-0.2, -0.15) is 0 Å². The molecule has 1 aliphatic heterocycles. The Hall–Kier alpha value is -2.14. The first-order valence-electron chi connectivity index (χ1n) is 6.78. The van der Waals surface area contributed by atoms with Crippen molar-refractivity contribution in [1.82, 2.24) is 0 Å². The van der Waals surface area contributed by atoms with Crippen LogP contribution in [0.5, 0.6) is 0 Å². The summed E-state index contributed by atoms with van der Waals surface area (Å²) in [5, 5.41) is 11.3. The van der Waals surface area contributed by atoms with E-state index >= 15 is 0 Å². The summed E-state index contributed by atoms with van der Waals surface area (Å²) in [6.07, 6.45) is 0.434. The van der Waals surface area contributed by atoms with E-state index in [1.54, 1.807) is 17.0 Å². The molecular formula is C16H15NO3S. The number of para-hydroxylation sites is 1. The summed E-state index contributed by atoms with van der Waals surface area (Å²) in [7, 11) is 0. The molecule has 0 fully saturated rings. The average Bonchev–Trinajstić information content (AvgIpc) is 3.00. The molecule has 108 valence electrons. The van der Waals surface area contributed by atoms with Crippen molar-refractivity contribution in [1.29, 1.82) is 0 Å². The normalized spacial score (nSPS) is 20.9. The Kier molecular flexibility index (Phi) is 3.51. The number of nitrogens with zero attached hydrogens (tertiary/aromatic N) is 1. The van der Waals surface area contributed by atoms with E-state index in [1.165, 1.54) is 11.3 Å². The summed E-state index contributed by atoms with van der Waals surface area (Å²) in [4.78, 5) is 26.6. The fraction of sp³-hybridized carbons (Fsp3) is 0.250. The topological polar surface area (TPSA) is 57.6 Å². The molecule has 5 heteroatoms. The molecule has 1 aliphatic rings. The number of hydrogen-bond donors (Lipinski definition) is 1. The van der Waals surface area contributed by atoms with Crippen LogP contribution in [0.1, 0.15) is 34.5 Å². The van der Waals surface area contributed by atoms with Crippen LogP contribution in [0.3, 0.4) is 0 Å². The first kappa shape index (κ1) is 13.8. The van der Waals surface area contributed by atoms with Gasteiger partial charge in [-0.15, -0.1) is 11.3 Å². The van der Waals surface area contributed by atoms with Crippen molar-refractivity contribution in [2.24, 2.45) is 0 Å². The van der Waals surface area contributed by atoms with E-state index in [9.17, 15) is 14.7 Å². The predicted octanol–water partition coefficient (Wildman–Crippen LogP) is 3.36. The van der Waals surface area contributed by atoms with Gasteiger partial charge < -0.3 is 10.0 Å². The van der Waals surface area contributed by atoms with Gasteiger partial charge in [0.25, 0.3) is 5.91 Å². The number of benzene rings is 1. The maximum atomic E-state index is 12.7. The van der Waals surface area contributed by atoms with Gasteiger partial charge in [0, 0.05) is 11.7 Å². The van der Waals surface area contributed by atoms with E-state index in [0.29, 0.717) is 22.5 Å². The Labute approximate surface area is 126 Å². The van der Waals surface area contributed by atoms with Crippen molar-refractivity contribution >= 4 is 28.9 Å². The van der Waals surface area contributed by atoms with Gasteiger partial charge in [-0.1, -0.05) is 24.3 Å². The summed E-state index contributed by atoms with van der Waals surface area (Å²) in [6.45, 7) is 1.90. The maximum absolute atomic E-state index is 12.7. The highest BCUT2D eigenvalue weighted by molar-refractivity contribution is 7.12. The number of amides is 1. The second-order valence-corrected chi connectivity index (χ2v) is 6.13. The van der Waals surface area contributed by atoms with E-state index in [2.05, 4.69) is 0 Å². The van der Waals surface area contributed by atoms with Gasteiger partial charge >= 0.3 is 5.97 Å². The molecule has 0 saturated carbocycles. The number of anilines is 1. The molecule has 2 atom stereocenters. The van der Waals surface area contributed by atoms with Crippen LogP contribution in [0.15, 0.2) is 41.8 Å². The van der Waals surface area contributed by atoms with Gasteiger partial charge in [-0.3, -0.25) is 9.59 Å². The van der Waals surface area contributed by atoms with Crippen LogP contribution in [-0.4, -0.2) is 23.0 Å². The fourth-order valence-electron chi connectivity index (χ4n) is 2.87. The largest absolute Gasteiger partial charge is 0.481 e. The van der Waals surface area contributed by atoms with Crippen LogP contribution >= 0.6 is 11.3 Å². The molecular weight excluding hydrogens is 286 g/mol. The van der Waals surface area contributed by atoms with Crippen molar-refractivity contribution in [3.8, 4) is 0 Å². The van der Waals surface area contributed by atoms with Gasteiger partial charge in [0.15, 0.2) is 0 Å². The number of carbonyl (C=O) groups excluding carboxylic acids is 1. The van der Waals surface area contributed by atoms with Gasteiger partial charge in [0.05, 0.1) is 10.8 Å². The van der Waals surface area contributed by atoms with Crippen LogP contribution in [0, 0.1) is 0 Å². The smallest absolute Gasteiger partial charge is 0.311 e. The lowest BCUT2D eigenvalue weighted by Gasteiger charge is -2.37. The second-order valence-electron chi connectivity index (χ2n) is 5.19. The Morgan fingerprint density at radius 1 is 1.24 bits per heavy atom. The SMILES string of the molecule is CC1CC(C(=O)O)c2ccccc2N1C(=O)c1cccs1. The molecule has 2 aromatic rings. The molecule has 0 radical (unpaired) electrons. The van der Waals surface area contributed by atoms with Crippen LogP contribution in [-0.2, 0) is 4.79 Å². The van der Waals surface area contributed by atoms with Gasteiger partial charge in [0.1, 0.15) is 0 Å². The summed E-state index contributed by atoms with van der Waals surface area (Å²) in [6, 6.07) is 10.8. The van der Waals surface area contributed by atoms with E-state index < -0.39 is 11.9 Å². The molecule has 1 N–H and O–H groups in total. The quantitative estimate of drug-likeness (QED) is 0.925. The Morgan fingerprint density at radius 2 is 2.00 bits per heavy atom. The first-order chi connectivity index (χ1) is 10.1. The third-order valence-corrected chi connectivity index (χ3v) is 4.70. The van der Waals surface area contributed by atoms with Crippen LogP contribution in [0.2, 0.25) is 0 Å².